The molecule has 1 aromatic rings. The maximum Gasteiger partial charge on any atom is 0.242 e. The Bertz CT molecular complexity index is 549. The van der Waals surface area contributed by atoms with Gasteiger partial charge >= 0.3 is 0 Å². The summed E-state index contributed by atoms with van der Waals surface area (Å²) in [4.78, 5) is 25.7. The van der Waals surface area contributed by atoms with Crippen LogP contribution in [0.2, 0.25) is 0 Å². The SMILES string of the molecule is CN1CCC(C2CCCCC2)C1C(=O)Nc1ccc(C=O)cc1. The van der Waals surface area contributed by atoms with Crippen LogP contribution in [0.4, 0.5) is 5.69 Å². The molecule has 2 atom stereocenters. The number of rotatable bonds is 4. The van der Waals surface area contributed by atoms with Crippen LogP contribution >= 0.6 is 0 Å². The fourth-order valence-electron chi connectivity index (χ4n) is 4.29. The van der Waals surface area contributed by atoms with E-state index in [1.165, 1.54) is 32.1 Å². The van der Waals surface area contributed by atoms with Gasteiger partial charge < -0.3 is 5.32 Å². The van der Waals surface area contributed by atoms with Gasteiger partial charge in [0, 0.05) is 11.3 Å². The van der Waals surface area contributed by atoms with Crippen molar-refractivity contribution in [3.63, 3.8) is 0 Å². The molecule has 1 saturated heterocycles. The number of nitrogens with one attached hydrogen (secondary N) is 1. The second-order valence-corrected chi connectivity index (χ2v) is 7.01. The van der Waals surface area contributed by atoms with E-state index in [1.54, 1.807) is 24.3 Å². The normalized spacial score (nSPS) is 26.1. The standard InChI is InChI=1S/C19H26N2O2/c1-21-12-11-17(15-5-3-2-4-6-15)18(21)19(23)20-16-9-7-14(13-22)8-10-16/h7-10,13,15,17-18H,2-6,11-12H2,1H3,(H,20,23). The Hall–Kier alpha value is -1.68. The first kappa shape index (κ1) is 16.2. The van der Waals surface area contributed by atoms with E-state index in [0.29, 0.717) is 17.4 Å². The fraction of sp³-hybridized carbons (Fsp3) is 0.579. The van der Waals surface area contributed by atoms with Gasteiger partial charge in [0.25, 0.3) is 0 Å². The lowest BCUT2D eigenvalue weighted by Crippen LogP contribution is -2.43. The number of likely N-dealkylation sites (tertiary alicyclic amines) is 1. The summed E-state index contributed by atoms with van der Waals surface area (Å²) in [5.74, 6) is 1.27. The molecule has 2 fully saturated rings. The molecule has 1 aliphatic heterocycles. The van der Waals surface area contributed by atoms with E-state index in [4.69, 9.17) is 0 Å². The Balaban J connectivity index is 1.68. The Morgan fingerprint density at radius 3 is 2.48 bits per heavy atom. The van der Waals surface area contributed by atoms with Gasteiger partial charge in [0.15, 0.2) is 0 Å². The summed E-state index contributed by atoms with van der Waals surface area (Å²) in [5.41, 5.74) is 1.39. The summed E-state index contributed by atoms with van der Waals surface area (Å²) in [5, 5.41) is 3.04. The molecule has 23 heavy (non-hydrogen) atoms. The van der Waals surface area contributed by atoms with Crippen LogP contribution in [0, 0.1) is 11.8 Å². The third-order valence-corrected chi connectivity index (χ3v) is 5.53. The third kappa shape index (κ3) is 3.63. The minimum atomic E-state index is -0.0242. The molecule has 2 unspecified atom stereocenters. The largest absolute Gasteiger partial charge is 0.325 e. The number of aldehydes is 1. The van der Waals surface area contributed by atoms with E-state index in [2.05, 4.69) is 17.3 Å². The van der Waals surface area contributed by atoms with Crippen molar-refractivity contribution in [2.45, 2.75) is 44.6 Å². The molecule has 1 N–H and O–H groups in total. The van der Waals surface area contributed by atoms with Crippen molar-refractivity contribution in [3.05, 3.63) is 29.8 Å². The van der Waals surface area contributed by atoms with Crippen LogP contribution in [0.1, 0.15) is 48.9 Å². The molecular weight excluding hydrogens is 288 g/mol. The first-order chi connectivity index (χ1) is 11.2. The molecular formula is C19H26N2O2. The van der Waals surface area contributed by atoms with E-state index in [9.17, 15) is 9.59 Å². The molecule has 0 aromatic heterocycles. The number of amides is 1. The first-order valence-electron chi connectivity index (χ1n) is 8.75. The summed E-state index contributed by atoms with van der Waals surface area (Å²) in [6, 6.07) is 7.04. The minimum Gasteiger partial charge on any atom is -0.325 e. The number of hydrogen-bond donors (Lipinski definition) is 1. The molecule has 4 nitrogen and oxygen atoms in total. The molecule has 1 aliphatic carbocycles. The lowest BCUT2D eigenvalue weighted by Gasteiger charge is -2.32. The summed E-state index contributed by atoms with van der Waals surface area (Å²) in [6.07, 6.45) is 8.46. The molecule has 0 bridgehead atoms. The number of carbonyl (C=O) groups excluding carboxylic acids is 2. The van der Waals surface area contributed by atoms with E-state index in [1.807, 2.05) is 0 Å². The summed E-state index contributed by atoms with van der Waals surface area (Å²) < 4.78 is 0. The average molecular weight is 314 g/mol. The lowest BCUT2D eigenvalue weighted by atomic mass is 9.76. The van der Waals surface area contributed by atoms with Crippen LogP contribution in [0.25, 0.3) is 0 Å². The van der Waals surface area contributed by atoms with Gasteiger partial charge in [-0.15, -0.1) is 0 Å². The second-order valence-electron chi connectivity index (χ2n) is 7.01. The van der Waals surface area contributed by atoms with Gasteiger partial charge in [-0.2, -0.15) is 0 Å². The highest BCUT2D eigenvalue weighted by Crippen LogP contribution is 2.38. The molecule has 0 spiro atoms. The van der Waals surface area contributed by atoms with Crippen molar-refractivity contribution in [1.82, 2.24) is 4.90 Å². The maximum absolute atomic E-state index is 12.8. The molecule has 4 heteroatoms. The number of carbonyl (C=O) groups is 2. The number of likely N-dealkylation sites (N-methyl/N-ethyl adjacent to an activating group) is 1. The zero-order chi connectivity index (χ0) is 16.2. The quantitative estimate of drug-likeness (QED) is 0.867. The first-order valence-corrected chi connectivity index (χ1v) is 8.75. The summed E-state index contributed by atoms with van der Waals surface area (Å²) in [7, 11) is 2.06. The van der Waals surface area contributed by atoms with Gasteiger partial charge in [0.2, 0.25) is 5.91 Å². The van der Waals surface area contributed by atoms with Crippen molar-refractivity contribution in [2.24, 2.45) is 11.8 Å². The summed E-state index contributed by atoms with van der Waals surface area (Å²) in [6.45, 7) is 1.00. The van der Waals surface area contributed by atoms with Gasteiger partial charge in [-0.3, -0.25) is 14.5 Å². The molecule has 3 rings (SSSR count). The zero-order valence-corrected chi connectivity index (χ0v) is 13.8. The number of hydrogen-bond acceptors (Lipinski definition) is 3. The second kappa shape index (κ2) is 7.26. The molecule has 2 aliphatic rings. The van der Waals surface area contributed by atoms with Crippen molar-refractivity contribution >= 4 is 17.9 Å². The van der Waals surface area contributed by atoms with Crippen LogP contribution < -0.4 is 5.32 Å². The van der Waals surface area contributed by atoms with Crippen LogP contribution in [0.15, 0.2) is 24.3 Å². The average Bonchev–Trinajstić information content (AvgIpc) is 2.98. The van der Waals surface area contributed by atoms with E-state index >= 15 is 0 Å². The highest BCUT2D eigenvalue weighted by Gasteiger charge is 2.41. The van der Waals surface area contributed by atoms with E-state index in [0.717, 1.165) is 24.9 Å². The van der Waals surface area contributed by atoms with Crippen molar-refractivity contribution in [2.75, 3.05) is 18.9 Å². The Labute approximate surface area is 138 Å². The lowest BCUT2D eigenvalue weighted by molar-refractivity contribution is -0.121. The van der Waals surface area contributed by atoms with Crippen LogP contribution in [-0.2, 0) is 4.79 Å². The smallest absolute Gasteiger partial charge is 0.242 e. The third-order valence-electron chi connectivity index (χ3n) is 5.53. The van der Waals surface area contributed by atoms with Gasteiger partial charge in [-0.25, -0.2) is 0 Å². The highest BCUT2D eigenvalue weighted by molar-refractivity contribution is 5.95. The molecule has 1 saturated carbocycles. The van der Waals surface area contributed by atoms with E-state index < -0.39 is 0 Å². The van der Waals surface area contributed by atoms with Crippen molar-refractivity contribution in [1.29, 1.82) is 0 Å². The predicted molar refractivity (Wildman–Crippen MR) is 91.6 cm³/mol. The Morgan fingerprint density at radius 2 is 1.83 bits per heavy atom. The number of anilines is 1. The maximum atomic E-state index is 12.8. The number of benzene rings is 1. The van der Waals surface area contributed by atoms with Crippen LogP contribution in [-0.4, -0.2) is 36.7 Å². The molecule has 1 aromatic carbocycles. The van der Waals surface area contributed by atoms with Gasteiger partial charge in [-0.1, -0.05) is 32.1 Å². The fourth-order valence-corrected chi connectivity index (χ4v) is 4.29. The van der Waals surface area contributed by atoms with Crippen LogP contribution in [0.3, 0.4) is 0 Å². The van der Waals surface area contributed by atoms with Gasteiger partial charge in [-0.05, 0) is 56.1 Å². The van der Waals surface area contributed by atoms with E-state index in [-0.39, 0.29) is 11.9 Å². The molecule has 0 radical (unpaired) electrons. The van der Waals surface area contributed by atoms with Crippen molar-refractivity contribution < 1.29 is 9.59 Å². The summed E-state index contributed by atoms with van der Waals surface area (Å²) >= 11 is 0. The highest BCUT2D eigenvalue weighted by atomic mass is 16.2. The topological polar surface area (TPSA) is 49.4 Å². The molecule has 1 heterocycles. The number of nitrogens with zero attached hydrogens (tertiary/aromatic N) is 1. The minimum absolute atomic E-state index is 0.0242. The van der Waals surface area contributed by atoms with Gasteiger partial charge in [0.05, 0.1) is 6.04 Å². The Kier molecular flexibility index (Phi) is 5.11. The predicted octanol–water partition coefficient (Wildman–Crippen LogP) is 3.34. The molecule has 124 valence electrons. The van der Waals surface area contributed by atoms with Crippen molar-refractivity contribution in [3.8, 4) is 0 Å². The van der Waals surface area contributed by atoms with Crippen LogP contribution in [0.5, 0.6) is 0 Å². The monoisotopic (exact) mass is 314 g/mol. The Morgan fingerprint density at radius 1 is 1.13 bits per heavy atom. The molecule has 1 amide bonds. The zero-order valence-electron chi connectivity index (χ0n) is 13.8. The van der Waals surface area contributed by atoms with Gasteiger partial charge in [0.1, 0.15) is 6.29 Å².